The lowest BCUT2D eigenvalue weighted by molar-refractivity contribution is 0.102. The second-order valence-electron chi connectivity index (χ2n) is 4.01. The average Bonchev–Trinajstić information content (AvgIpc) is 2.43. The number of nitrogens with zero attached hydrogens (tertiary/aromatic N) is 1. The maximum atomic E-state index is 13.7. The number of nitrogens with one attached hydrogen (secondary N) is 2. The number of anilines is 2. The summed E-state index contributed by atoms with van der Waals surface area (Å²) < 4.78 is 14.1. The summed E-state index contributed by atoms with van der Waals surface area (Å²) in [6.45, 7) is 2.64. The zero-order chi connectivity index (χ0) is 14.5. The summed E-state index contributed by atoms with van der Waals surface area (Å²) >= 11 is 3.21. The first kappa shape index (κ1) is 14.5. The number of para-hydroxylation sites is 1. The van der Waals surface area contributed by atoms with Crippen molar-refractivity contribution >= 4 is 33.3 Å². The normalized spacial score (nSPS) is 10.2. The van der Waals surface area contributed by atoms with Gasteiger partial charge in [0.2, 0.25) is 0 Å². The molecule has 4 nitrogen and oxygen atoms in total. The van der Waals surface area contributed by atoms with E-state index in [4.69, 9.17) is 0 Å². The van der Waals surface area contributed by atoms with Crippen LogP contribution in [0.5, 0.6) is 0 Å². The van der Waals surface area contributed by atoms with Gasteiger partial charge in [0.25, 0.3) is 5.91 Å². The fourth-order valence-corrected chi connectivity index (χ4v) is 2.09. The molecule has 2 rings (SSSR count). The molecule has 0 spiro atoms. The first-order chi connectivity index (χ1) is 9.61. The van der Waals surface area contributed by atoms with Gasteiger partial charge in [-0.25, -0.2) is 9.37 Å². The number of pyridine rings is 1. The lowest BCUT2D eigenvalue weighted by atomic mass is 10.2. The number of halogens is 2. The lowest BCUT2D eigenvalue weighted by Crippen LogP contribution is -2.14. The first-order valence-corrected chi connectivity index (χ1v) is 6.86. The van der Waals surface area contributed by atoms with Crippen molar-refractivity contribution in [2.45, 2.75) is 6.92 Å². The monoisotopic (exact) mass is 337 g/mol. The van der Waals surface area contributed by atoms with Gasteiger partial charge in [-0.05, 0) is 47.1 Å². The highest BCUT2D eigenvalue weighted by Crippen LogP contribution is 2.25. The van der Waals surface area contributed by atoms with E-state index in [0.717, 1.165) is 0 Å². The number of hydrogen-bond acceptors (Lipinski definition) is 3. The molecule has 104 valence electrons. The highest BCUT2D eigenvalue weighted by atomic mass is 79.9. The van der Waals surface area contributed by atoms with Crippen LogP contribution in [0.25, 0.3) is 0 Å². The van der Waals surface area contributed by atoms with Crippen molar-refractivity contribution in [3.05, 3.63) is 52.4 Å². The van der Waals surface area contributed by atoms with E-state index in [2.05, 4.69) is 31.5 Å². The molecule has 0 unspecified atom stereocenters. The third-order valence-corrected chi connectivity index (χ3v) is 3.24. The van der Waals surface area contributed by atoms with Crippen LogP contribution in [-0.2, 0) is 0 Å². The third kappa shape index (κ3) is 3.33. The van der Waals surface area contributed by atoms with E-state index in [-0.39, 0.29) is 5.69 Å². The molecule has 0 aliphatic rings. The van der Waals surface area contributed by atoms with Gasteiger partial charge in [-0.3, -0.25) is 4.79 Å². The van der Waals surface area contributed by atoms with E-state index in [0.29, 0.717) is 22.4 Å². The van der Waals surface area contributed by atoms with Crippen molar-refractivity contribution < 1.29 is 9.18 Å². The van der Waals surface area contributed by atoms with Crippen LogP contribution in [-0.4, -0.2) is 17.4 Å². The number of benzene rings is 1. The molecule has 6 heteroatoms. The molecule has 0 aliphatic carbocycles. The van der Waals surface area contributed by atoms with Crippen molar-refractivity contribution in [3.8, 4) is 0 Å². The summed E-state index contributed by atoms with van der Waals surface area (Å²) in [5.41, 5.74) is 0.533. The molecule has 0 bridgehead atoms. The molecule has 2 aromatic rings. The Hall–Kier alpha value is -1.95. The van der Waals surface area contributed by atoms with E-state index in [1.807, 2.05) is 6.92 Å². The van der Waals surface area contributed by atoms with Crippen molar-refractivity contribution in [2.75, 3.05) is 17.2 Å². The van der Waals surface area contributed by atoms with Crippen LogP contribution in [0, 0.1) is 5.82 Å². The van der Waals surface area contributed by atoms with Gasteiger partial charge >= 0.3 is 0 Å². The van der Waals surface area contributed by atoms with Crippen LogP contribution < -0.4 is 10.6 Å². The van der Waals surface area contributed by atoms with Crippen molar-refractivity contribution in [1.29, 1.82) is 0 Å². The molecular weight excluding hydrogens is 325 g/mol. The second kappa shape index (κ2) is 6.47. The Balaban J connectivity index is 2.22. The van der Waals surface area contributed by atoms with Crippen LogP contribution in [0.15, 0.2) is 41.0 Å². The number of amides is 1. The van der Waals surface area contributed by atoms with E-state index < -0.39 is 11.7 Å². The van der Waals surface area contributed by atoms with Gasteiger partial charge in [-0.1, -0.05) is 6.07 Å². The molecule has 1 amide bonds. The summed E-state index contributed by atoms with van der Waals surface area (Å²) in [5, 5.41) is 5.56. The highest BCUT2D eigenvalue weighted by Gasteiger charge is 2.12. The zero-order valence-electron chi connectivity index (χ0n) is 10.8. The molecule has 1 aromatic carbocycles. The Morgan fingerprint density at radius 1 is 1.40 bits per heavy atom. The molecule has 1 heterocycles. The number of hydrogen-bond donors (Lipinski definition) is 2. The van der Waals surface area contributed by atoms with Crippen molar-refractivity contribution in [1.82, 2.24) is 4.98 Å². The van der Waals surface area contributed by atoms with Crippen LogP contribution in [0.2, 0.25) is 0 Å². The molecule has 0 atom stereocenters. The van der Waals surface area contributed by atoms with Crippen LogP contribution in [0.3, 0.4) is 0 Å². The van der Waals surface area contributed by atoms with E-state index >= 15 is 0 Å². The smallest absolute Gasteiger partial charge is 0.255 e. The summed E-state index contributed by atoms with van der Waals surface area (Å²) in [7, 11) is 0. The van der Waals surface area contributed by atoms with Gasteiger partial charge < -0.3 is 10.6 Å². The van der Waals surface area contributed by atoms with Gasteiger partial charge in [0.15, 0.2) is 0 Å². The Morgan fingerprint density at radius 3 is 2.90 bits per heavy atom. The van der Waals surface area contributed by atoms with Crippen LogP contribution in [0.1, 0.15) is 17.3 Å². The summed E-state index contributed by atoms with van der Waals surface area (Å²) in [6.07, 6.45) is 1.53. The molecule has 0 saturated carbocycles. The maximum Gasteiger partial charge on any atom is 0.255 e. The highest BCUT2D eigenvalue weighted by molar-refractivity contribution is 9.10. The van der Waals surface area contributed by atoms with E-state index in [1.165, 1.54) is 12.3 Å². The van der Waals surface area contributed by atoms with Crippen LogP contribution >= 0.6 is 15.9 Å². The zero-order valence-corrected chi connectivity index (χ0v) is 12.4. The Morgan fingerprint density at radius 2 is 2.20 bits per heavy atom. The van der Waals surface area contributed by atoms with Gasteiger partial charge in [0.05, 0.1) is 5.69 Å². The van der Waals surface area contributed by atoms with E-state index in [9.17, 15) is 9.18 Å². The number of aromatic nitrogens is 1. The molecule has 20 heavy (non-hydrogen) atoms. The molecule has 2 N–H and O–H groups in total. The minimum atomic E-state index is -0.492. The SMILES string of the molecule is CCNc1cc(C(=O)Nc2c(F)cccc2Br)ccn1. The van der Waals surface area contributed by atoms with Gasteiger partial charge in [0.1, 0.15) is 11.6 Å². The topological polar surface area (TPSA) is 54.0 Å². The maximum absolute atomic E-state index is 13.7. The van der Waals surface area contributed by atoms with Crippen LogP contribution in [0.4, 0.5) is 15.9 Å². The minimum Gasteiger partial charge on any atom is -0.370 e. The number of carbonyl (C=O) groups is 1. The molecule has 1 aromatic heterocycles. The summed E-state index contributed by atoms with van der Waals surface area (Å²) in [5.74, 6) is -0.279. The van der Waals surface area contributed by atoms with Gasteiger partial charge in [0, 0.05) is 22.8 Å². The molecule has 0 saturated heterocycles. The quantitative estimate of drug-likeness (QED) is 0.894. The fraction of sp³-hybridized carbons (Fsp3) is 0.143. The summed E-state index contributed by atoms with van der Waals surface area (Å²) in [6, 6.07) is 7.70. The second-order valence-corrected chi connectivity index (χ2v) is 4.87. The minimum absolute atomic E-state index is 0.124. The van der Waals surface area contributed by atoms with Gasteiger partial charge in [-0.15, -0.1) is 0 Å². The standard InChI is InChI=1S/C14H13BrFN3O/c1-2-17-12-8-9(6-7-18-12)14(20)19-13-10(15)4-3-5-11(13)16/h3-8H,2H2,1H3,(H,17,18)(H,19,20). The average molecular weight is 338 g/mol. The molecule has 0 aliphatic heterocycles. The van der Waals surface area contributed by atoms with Gasteiger partial charge in [-0.2, -0.15) is 0 Å². The number of rotatable bonds is 4. The van der Waals surface area contributed by atoms with Crippen molar-refractivity contribution in [3.63, 3.8) is 0 Å². The molecule has 0 fully saturated rings. The third-order valence-electron chi connectivity index (χ3n) is 2.58. The van der Waals surface area contributed by atoms with E-state index in [1.54, 1.807) is 24.3 Å². The summed E-state index contributed by atoms with van der Waals surface area (Å²) in [4.78, 5) is 16.2. The fourth-order valence-electron chi connectivity index (χ4n) is 1.65. The largest absolute Gasteiger partial charge is 0.370 e. The Labute approximate surface area is 124 Å². The predicted octanol–water partition coefficient (Wildman–Crippen LogP) is 3.67. The predicted molar refractivity (Wildman–Crippen MR) is 80.5 cm³/mol. The molecule has 0 radical (unpaired) electrons. The first-order valence-electron chi connectivity index (χ1n) is 6.07. The number of carbonyl (C=O) groups excluding carboxylic acids is 1. The lowest BCUT2D eigenvalue weighted by Gasteiger charge is -2.09. The molecular formula is C14H13BrFN3O. The Kier molecular flexibility index (Phi) is 4.68. The van der Waals surface area contributed by atoms with Crippen molar-refractivity contribution in [2.24, 2.45) is 0 Å². The Bertz CT molecular complexity index is 613.